The number of hydrogen-bond acceptors (Lipinski definition) is 9. The Morgan fingerprint density at radius 2 is 1.09 bits per heavy atom. The van der Waals surface area contributed by atoms with Gasteiger partial charge in [-0.3, -0.25) is 18.6 Å². The van der Waals surface area contributed by atoms with Gasteiger partial charge in [0.25, 0.3) is 0 Å². The summed E-state index contributed by atoms with van der Waals surface area (Å²) in [7, 11) is -4.60. The maximum absolute atomic E-state index is 12.5. The normalized spacial score (nSPS) is 14.3. The Labute approximate surface area is 273 Å². The molecule has 0 heterocycles. The standard InChI is InChI=1S/C34H65O10P/c1-3-5-7-9-10-11-12-13-14-15-16-17-18-19-20-22-24-26-34(38)44-32(29-41-33(37)25-23-21-8-6-4-2)30-43-45(39,40)42-28-31(36)27-35/h13-14,31-32,35-36H,3-12,15-30H2,1-2H3,(H,39,40)/b14-13-. The lowest BCUT2D eigenvalue weighted by Crippen LogP contribution is -2.29. The van der Waals surface area contributed by atoms with Crippen LogP contribution in [0.2, 0.25) is 0 Å². The number of allylic oxidation sites excluding steroid dienone is 2. The lowest BCUT2D eigenvalue weighted by atomic mass is 10.1. The largest absolute Gasteiger partial charge is 0.472 e. The summed E-state index contributed by atoms with van der Waals surface area (Å²) < 4.78 is 32.3. The van der Waals surface area contributed by atoms with Gasteiger partial charge in [0.05, 0.1) is 19.8 Å². The van der Waals surface area contributed by atoms with Gasteiger partial charge in [0.15, 0.2) is 6.10 Å². The van der Waals surface area contributed by atoms with Crippen LogP contribution in [0.3, 0.4) is 0 Å². The fourth-order valence-electron chi connectivity index (χ4n) is 4.63. The van der Waals surface area contributed by atoms with Crippen LogP contribution in [0, 0.1) is 0 Å². The second-order valence-corrected chi connectivity index (χ2v) is 13.4. The van der Waals surface area contributed by atoms with Crippen LogP contribution < -0.4 is 0 Å². The van der Waals surface area contributed by atoms with Crippen molar-refractivity contribution in [1.82, 2.24) is 0 Å². The summed E-state index contributed by atoms with van der Waals surface area (Å²) in [5.41, 5.74) is 0. The van der Waals surface area contributed by atoms with Crippen LogP contribution in [0.4, 0.5) is 0 Å². The number of phosphoric acid groups is 1. The lowest BCUT2D eigenvalue weighted by Gasteiger charge is -2.20. The molecule has 0 spiro atoms. The number of carbonyl (C=O) groups is 2. The van der Waals surface area contributed by atoms with E-state index in [1.807, 2.05) is 0 Å². The number of phosphoric ester groups is 1. The van der Waals surface area contributed by atoms with Crippen LogP contribution in [0.15, 0.2) is 12.2 Å². The molecule has 0 saturated heterocycles. The van der Waals surface area contributed by atoms with E-state index in [4.69, 9.17) is 19.1 Å². The van der Waals surface area contributed by atoms with Crippen LogP contribution in [0.5, 0.6) is 0 Å². The fourth-order valence-corrected chi connectivity index (χ4v) is 5.42. The van der Waals surface area contributed by atoms with E-state index >= 15 is 0 Å². The molecular formula is C34H65O10P. The van der Waals surface area contributed by atoms with E-state index in [9.17, 15) is 24.2 Å². The monoisotopic (exact) mass is 664 g/mol. The molecule has 0 aliphatic carbocycles. The number of esters is 2. The highest BCUT2D eigenvalue weighted by molar-refractivity contribution is 7.47. The Bertz CT molecular complexity index is 776. The molecule has 3 atom stereocenters. The topological polar surface area (TPSA) is 149 Å². The number of carbonyl (C=O) groups excluding carboxylic acids is 2. The molecule has 0 aromatic carbocycles. The molecule has 0 saturated carbocycles. The van der Waals surface area contributed by atoms with E-state index in [2.05, 4.69) is 30.5 Å². The molecule has 3 unspecified atom stereocenters. The highest BCUT2D eigenvalue weighted by atomic mass is 31.2. The van der Waals surface area contributed by atoms with Crippen molar-refractivity contribution in [1.29, 1.82) is 0 Å². The first-order chi connectivity index (χ1) is 21.7. The molecule has 266 valence electrons. The number of aliphatic hydroxyl groups excluding tert-OH is 2. The van der Waals surface area contributed by atoms with Gasteiger partial charge in [0.2, 0.25) is 0 Å². The van der Waals surface area contributed by atoms with Crippen LogP contribution in [-0.2, 0) is 32.7 Å². The Balaban J connectivity index is 4.25. The molecule has 0 radical (unpaired) electrons. The molecule has 0 aromatic heterocycles. The number of aliphatic hydroxyl groups is 2. The average Bonchev–Trinajstić information content (AvgIpc) is 3.02. The average molecular weight is 665 g/mol. The van der Waals surface area contributed by atoms with Gasteiger partial charge in [-0.25, -0.2) is 4.57 Å². The molecule has 0 fully saturated rings. The molecule has 45 heavy (non-hydrogen) atoms. The van der Waals surface area contributed by atoms with Crippen LogP contribution in [0.25, 0.3) is 0 Å². The van der Waals surface area contributed by atoms with E-state index in [1.54, 1.807) is 0 Å². The lowest BCUT2D eigenvalue weighted by molar-refractivity contribution is -0.161. The fraction of sp³-hybridized carbons (Fsp3) is 0.882. The molecular weight excluding hydrogens is 599 g/mol. The third-order valence-electron chi connectivity index (χ3n) is 7.42. The van der Waals surface area contributed by atoms with Crippen molar-refractivity contribution in [2.75, 3.05) is 26.4 Å². The molecule has 0 aromatic rings. The van der Waals surface area contributed by atoms with Crippen molar-refractivity contribution >= 4 is 19.8 Å². The van der Waals surface area contributed by atoms with Gasteiger partial charge in [-0.2, -0.15) is 0 Å². The second-order valence-electron chi connectivity index (χ2n) is 11.9. The highest BCUT2D eigenvalue weighted by Gasteiger charge is 2.27. The summed E-state index contributed by atoms with van der Waals surface area (Å²) in [6, 6.07) is 0. The summed E-state index contributed by atoms with van der Waals surface area (Å²) in [6.45, 7) is 2.25. The van der Waals surface area contributed by atoms with Crippen LogP contribution in [-0.4, -0.2) is 65.7 Å². The van der Waals surface area contributed by atoms with Gasteiger partial charge < -0.3 is 24.6 Å². The zero-order valence-electron chi connectivity index (χ0n) is 28.3. The number of unbranched alkanes of at least 4 members (excludes halogenated alkanes) is 17. The van der Waals surface area contributed by atoms with Crippen molar-refractivity contribution in [3.8, 4) is 0 Å². The highest BCUT2D eigenvalue weighted by Crippen LogP contribution is 2.43. The molecule has 3 N–H and O–H groups in total. The molecule has 0 aliphatic heterocycles. The maximum Gasteiger partial charge on any atom is 0.472 e. The zero-order valence-corrected chi connectivity index (χ0v) is 29.2. The first-order valence-corrected chi connectivity index (χ1v) is 19.1. The van der Waals surface area contributed by atoms with Gasteiger partial charge in [-0.05, 0) is 38.5 Å². The van der Waals surface area contributed by atoms with Crippen LogP contribution >= 0.6 is 7.82 Å². The first-order valence-electron chi connectivity index (χ1n) is 17.6. The van der Waals surface area contributed by atoms with E-state index in [0.717, 1.165) is 51.4 Å². The number of ether oxygens (including phenoxy) is 2. The van der Waals surface area contributed by atoms with Gasteiger partial charge in [0, 0.05) is 12.8 Å². The Morgan fingerprint density at radius 1 is 0.644 bits per heavy atom. The summed E-state index contributed by atoms with van der Waals surface area (Å²) in [4.78, 5) is 34.4. The van der Waals surface area contributed by atoms with E-state index in [0.29, 0.717) is 12.8 Å². The quantitative estimate of drug-likeness (QED) is 0.0272. The van der Waals surface area contributed by atoms with Crippen molar-refractivity contribution in [3.05, 3.63) is 12.2 Å². The summed E-state index contributed by atoms with van der Waals surface area (Å²) in [5, 5.41) is 18.2. The molecule has 0 rings (SSSR count). The number of hydrogen-bond donors (Lipinski definition) is 3. The van der Waals surface area contributed by atoms with Crippen molar-refractivity contribution in [2.45, 2.75) is 167 Å². The molecule has 0 bridgehead atoms. The third-order valence-corrected chi connectivity index (χ3v) is 8.37. The van der Waals surface area contributed by atoms with Crippen LogP contribution in [0.1, 0.15) is 155 Å². The molecule has 10 nitrogen and oxygen atoms in total. The van der Waals surface area contributed by atoms with Gasteiger partial charge >= 0.3 is 19.8 Å². The van der Waals surface area contributed by atoms with Gasteiger partial charge in [-0.1, -0.05) is 116 Å². The third kappa shape index (κ3) is 31.1. The summed E-state index contributed by atoms with van der Waals surface area (Å²) in [5.74, 6) is -0.942. The Kier molecular flexibility index (Phi) is 30.4. The zero-order chi connectivity index (χ0) is 33.4. The Hall–Kier alpha value is -1.29. The Morgan fingerprint density at radius 3 is 1.60 bits per heavy atom. The van der Waals surface area contributed by atoms with Crippen molar-refractivity contribution in [3.63, 3.8) is 0 Å². The van der Waals surface area contributed by atoms with Crippen molar-refractivity contribution in [2.24, 2.45) is 0 Å². The minimum Gasteiger partial charge on any atom is -0.462 e. The van der Waals surface area contributed by atoms with E-state index < -0.39 is 51.8 Å². The first kappa shape index (κ1) is 43.7. The van der Waals surface area contributed by atoms with Gasteiger partial charge in [-0.15, -0.1) is 0 Å². The van der Waals surface area contributed by atoms with Gasteiger partial charge in [0.1, 0.15) is 12.7 Å². The molecule has 0 aliphatic rings. The predicted octanol–water partition coefficient (Wildman–Crippen LogP) is 8.11. The molecule has 0 amide bonds. The predicted molar refractivity (Wildman–Crippen MR) is 178 cm³/mol. The van der Waals surface area contributed by atoms with E-state index in [1.165, 1.54) is 64.2 Å². The number of rotatable bonds is 33. The minimum atomic E-state index is -4.60. The van der Waals surface area contributed by atoms with E-state index in [-0.39, 0.29) is 19.4 Å². The summed E-state index contributed by atoms with van der Waals surface area (Å²) >= 11 is 0. The smallest absolute Gasteiger partial charge is 0.462 e. The van der Waals surface area contributed by atoms with Crippen molar-refractivity contribution < 1.29 is 47.8 Å². The maximum atomic E-state index is 12.5. The molecule has 11 heteroatoms. The second kappa shape index (κ2) is 31.3. The SMILES string of the molecule is CCCCCCCC/C=C\CCCCCCCCCC(=O)OC(COC(=O)CCCCCCC)COP(=O)(O)OCC(O)CO. The summed E-state index contributed by atoms with van der Waals surface area (Å²) in [6.07, 6.45) is 25.2. The minimum absolute atomic E-state index is 0.182.